The maximum atomic E-state index is 12.8. The minimum atomic E-state index is -0.428. The number of nitrogens with one attached hydrogen (secondary N) is 2. The fourth-order valence-corrected chi connectivity index (χ4v) is 6.91. The average molecular weight is 461 g/mol. The van der Waals surface area contributed by atoms with Gasteiger partial charge >= 0.3 is 5.97 Å². The summed E-state index contributed by atoms with van der Waals surface area (Å²) >= 11 is 0. The van der Waals surface area contributed by atoms with E-state index >= 15 is 0 Å². The number of anilines is 1. The predicted molar refractivity (Wildman–Crippen MR) is 129 cm³/mol. The smallest absolute Gasteiger partial charge is 0.308 e. The van der Waals surface area contributed by atoms with Crippen molar-refractivity contribution in [2.45, 2.75) is 58.4 Å². The fraction of sp³-hybridized carbons (Fsp3) is 0.464. The lowest BCUT2D eigenvalue weighted by Gasteiger charge is -2.56. The second kappa shape index (κ2) is 9.24. The molecule has 0 aliphatic heterocycles. The van der Waals surface area contributed by atoms with Gasteiger partial charge in [-0.15, -0.1) is 0 Å². The number of carbonyl (C=O) groups excluding carboxylic acids is 3. The third-order valence-corrected chi connectivity index (χ3v) is 7.75. The normalized spacial score (nSPS) is 26.7. The van der Waals surface area contributed by atoms with Crippen LogP contribution in [0.25, 0.3) is 0 Å². The molecule has 0 radical (unpaired) electrons. The first kappa shape index (κ1) is 22.6. The third kappa shape index (κ3) is 5.16. The Morgan fingerprint density at radius 2 is 1.59 bits per heavy atom. The van der Waals surface area contributed by atoms with Crippen LogP contribution >= 0.6 is 0 Å². The number of hydrogen-bond donors (Lipinski definition) is 2. The molecule has 0 saturated heterocycles. The van der Waals surface area contributed by atoms with Gasteiger partial charge in [-0.1, -0.05) is 18.2 Å². The summed E-state index contributed by atoms with van der Waals surface area (Å²) in [4.78, 5) is 36.4. The van der Waals surface area contributed by atoms with Crippen LogP contribution in [0.3, 0.4) is 0 Å². The van der Waals surface area contributed by atoms with E-state index in [1.807, 2.05) is 24.3 Å². The van der Waals surface area contributed by atoms with E-state index in [2.05, 4.69) is 10.6 Å². The summed E-state index contributed by atoms with van der Waals surface area (Å²) in [6, 6.07) is 14.1. The van der Waals surface area contributed by atoms with Gasteiger partial charge in [0.2, 0.25) is 5.91 Å². The minimum Gasteiger partial charge on any atom is -0.427 e. The molecule has 4 bridgehead atoms. The highest BCUT2D eigenvalue weighted by molar-refractivity contribution is 5.94. The van der Waals surface area contributed by atoms with Crippen molar-refractivity contribution in [2.24, 2.45) is 23.2 Å². The Morgan fingerprint density at radius 3 is 2.21 bits per heavy atom. The molecule has 0 heterocycles. The molecule has 6 rings (SSSR count). The van der Waals surface area contributed by atoms with Gasteiger partial charge in [0.1, 0.15) is 5.75 Å². The molecule has 4 aliphatic carbocycles. The number of benzene rings is 2. The van der Waals surface area contributed by atoms with Crippen molar-refractivity contribution < 1.29 is 19.1 Å². The summed E-state index contributed by atoms with van der Waals surface area (Å²) in [6.45, 7) is 1.68. The van der Waals surface area contributed by atoms with E-state index < -0.39 is 5.97 Å². The van der Waals surface area contributed by atoms with Crippen LogP contribution in [-0.4, -0.2) is 17.8 Å². The van der Waals surface area contributed by atoms with Gasteiger partial charge in [0.05, 0.1) is 0 Å². The van der Waals surface area contributed by atoms with Crippen molar-refractivity contribution in [1.82, 2.24) is 5.32 Å². The molecule has 2 amide bonds. The van der Waals surface area contributed by atoms with Crippen molar-refractivity contribution in [3.8, 4) is 5.75 Å². The van der Waals surface area contributed by atoms with Gasteiger partial charge in [0.25, 0.3) is 5.91 Å². The van der Waals surface area contributed by atoms with Gasteiger partial charge in [-0.05, 0) is 97.6 Å². The van der Waals surface area contributed by atoms with Gasteiger partial charge in [-0.2, -0.15) is 0 Å². The number of ether oxygens (including phenoxy) is 1. The molecule has 178 valence electrons. The topological polar surface area (TPSA) is 84.5 Å². The second-order valence-corrected chi connectivity index (χ2v) is 10.6. The SMILES string of the molecule is CC(=O)Oc1cccc(C(=O)NCc2ccc(NC(=O)CC34CC5CC(CC(C5)C3)C4)cc2)c1. The van der Waals surface area contributed by atoms with Crippen LogP contribution < -0.4 is 15.4 Å². The number of rotatable bonds is 7. The van der Waals surface area contributed by atoms with Crippen LogP contribution in [0.4, 0.5) is 5.69 Å². The first-order chi connectivity index (χ1) is 16.4. The van der Waals surface area contributed by atoms with E-state index in [1.165, 1.54) is 45.4 Å². The van der Waals surface area contributed by atoms with E-state index in [-0.39, 0.29) is 17.2 Å². The number of esters is 1. The number of hydrogen-bond acceptors (Lipinski definition) is 4. The average Bonchev–Trinajstić information content (AvgIpc) is 2.77. The van der Waals surface area contributed by atoms with E-state index in [4.69, 9.17) is 4.74 Å². The van der Waals surface area contributed by atoms with Crippen LogP contribution in [0, 0.1) is 23.2 Å². The zero-order chi connectivity index (χ0) is 23.7. The standard InChI is InChI=1S/C28H32N2O4/c1-18(31)34-25-4-2-3-23(12-25)27(33)29-17-19-5-7-24(8-6-19)30-26(32)16-28-13-20-9-21(14-28)11-22(10-20)15-28/h2-8,12,20-22H,9-11,13-17H2,1H3,(H,29,33)(H,30,32). The van der Waals surface area contributed by atoms with Crippen molar-refractivity contribution in [3.05, 3.63) is 59.7 Å². The molecule has 2 aromatic rings. The summed E-state index contributed by atoms with van der Waals surface area (Å²) in [6.07, 6.45) is 8.49. The second-order valence-electron chi connectivity index (χ2n) is 10.6. The largest absolute Gasteiger partial charge is 0.427 e. The Morgan fingerprint density at radius 1 is 0.941 bits per heavy atom. The lowest BCUT2D eigenvalue weighted by Crippen LogP contribution is -2.47. The molecular weight excluding hydrogens is 428 g/mol. The van der Waals surface area contributed by atoms with Gasteiger partial charge in [-0.25, -0.2) is 0 Å². The molecule has 0 unspecified atom stereocenters. The van der Waals surface area contributed by atoms with Crippen molar-refractivity contribution in [1.29, 1.82) is 0 Å². The highest BCUT2D eigenvalue weighted by atomic mass is 16.5. The monoisotopic (exact) mass is 460 g/mol. The molecule has 0 spiro atoms. The Bertz CT molecular complexity index is 1060. The molecule has 2 aromatic carbocycles. The van der Waals surface area contributed by atoms with Gasteiger partial charge in [0.15, 0.2) is 0 Å². The van der Waals surface area contributed by atoms with Gasteiger partial charge in [-0.3, -0.25) is 14.4 Å². The first-order valence-electron chi connectivity index (χ1n) is 12.3. The molecule has 6 nitrogen and oxygen atoms in total. The highest BCUT2D eigenvalue weighted by Gasteiger charge is 2.51. The van der Waals surface area contributed by atoms with E-state index in [9.17, 15) is 14.4 Å². The van der Waals surface area contributed by atoms with Gasteiger partial charge in [0, 0.05) is 31.1 Å². The third-order valence-electron chi connectivity index (χ3n) is 7.75. The molecule has 4 aliphatic rings. The zero-order valence-electron chi connectivity index (χ0n) is 19.6. The Kier molecular flexibility index (Phi) is 6.15. The lowest BCUT2D eigenvalue weighted by atomic mass is 9.49. The van der Waals surface area contributed by atoms with Crippen molar-refractivity contribution >= 4 is 23.5 Å². The molecule has 4 saturated carbocycles. The molecule has 4 fully saturated rings. The quantitative estimate of drug-likeness (QED) is 0.445. The van der Waals surface area contributed by atoms with E-state index in [1.54, 1.807) is 24.3 Å². The van der Waals surface area contributed by atoms with Crippen molar-refractivity contribution in [2.75, 3.05) is 5.32 Å². The Hall–Kier alpha value is -3.15. The molecular formula is C28H32N2O4. The summed E-state index contributed by atoms with van der Waals surface area (Å²) in [5, 5.41) is 5.96. The molecule has 2 N–H and O–H groups in total. The van der Waals surface area contributed by atoms with Crippen LogP contribution in [0.2, 0.25) is 0 Å². The van der Waals surface area contributed by atoms with Gasteiger partial charge < -0.3 is 15.4 Å². The van der Waals surface area contributed by atoms with E-state index in [0.29, 0.717) is 24.3 Å². The minimum absolute atomic E-state index is 0.121. The Labute approximate surface area is 200 Å². The maximum absolute atomic E-state index is 12.8. The zero-order valence-corrected chi connectivity index (χ0v) is 19.6. The lowest BCUT2D eigenvalue weighted by molar-refractivity contribution is -0.132. The number of carbonyl (C=O) groups is 3. The highest BCUT2D eigenvalue weighted by Crippen LogP contribution is 2.61. The first-order valence-corrected chi connectivity index (χ1v) is 12.3. The maximum Gasteiger partial charge on any atom is 0.308 e. The van der Waals surface area contributed by atoms with Crippen LogP contribution in [0.1, 0.15) is 67.8 Å². The van der Waals surface area contributed by atoms with Crippen LogP contribution in [-0.2, 0) is 16.1 Å². The molecule has 34 heavy (non-hydrogen) atoms. The fourth-order valence-electron chi connectivity index (χ4n) is 6.91. The van der Waals surface area contributed by atoms with Crippen LogP contribution in [0.15, 0.2) is 48.5 Å². The van der Waals surface area contributed by atoms with Crippen molar-refractivity contribution in [3.63, 3.8) is 0 Å². The molecule has 0 atom stereocenters. The number of amides is 2. The molecule has 6 heteroatoms. The summed E-state index contributed by atoms with van der Waals surface area (Å²) in [5.41, 5.74) is 2.38. The summed E-state index contributed by atoms with van der Waals surface area (Å²) in [5.74, 6) is 2.32. The Balaban J connectivity index is 1.12. The predicted octanol–water partition coefficient (Wildman–Crippen LogP) is 5.09. The molecule has 0 aromatic heterocycles. The van der Waals surface area contributed by atoms with Crippen LogP contribution in [0.5, 0.6) is 5.75 Å². The summed E-state index contributed by atoms with van der Waals surface area (Å²) in [7, 11) is 0. The summed E-state index contributed by atoms with van der Waals surface area (Å²) < 4.78 is 5.04. The van der Waals surface area contributed by atoms with E-state index in [0.717, 1.165) is 29.0 Å².